The van der Waals surface area contributed by atoms with Crippen molar-refractivity contribution in [2.24, 2.45) is 5.92 Å². The molecule has 1 rings (SSSR count). The van der Waals surface area contributed by atoms with E-state index in [4.69, 9.17) is 5.02 Å². The molecule has 1 aliphatic rings. The van der Waals surface area contributed by atoms with Gasteiger partial charge in [0.05, 0.1) is 0 Å². The van der Waals surface area contributed by atoms with Gasteiger partial charge in [0, 0.05) is 6.54 Å². The van der Waals surface area contributed by atoms with Crippen molar-refractivity contribution in [3.63, 3.8) is 0 Å². The van der Waals surface area contributed by atoms with Gasteiger partial charge < -0.3 is 5.02 Å². The van der Waals surface area contributed by atoms with Crippen LogP contribution in [0, 0.1) is 5.92 Å². The molecule has 0 spiro atoms. The molecule has 1 saturated carbocycles. The van der Waals surface area contributed by atoms with Gasteiger partial charge in [-0.25, -0.2) is 0 Å². The standard InChI is InChI=1S/C8H19BN2O.C3H8/c1-9(12)11-10-7-8-5-3-2-4-6-8;1-3-2/h8,10-12H,2-7H2,1H3;3H2,1-2H3. The van der Waals surface area contributed by atoms with Crippen LogP contribution in [0.5, 0.6) is 0 Å². The molecule has 1 fully saturated rings. The molecule has 0 saturated heterocycles. The van der Waals surface area contributed by atoms with E-state index in [9.17, 15) is 0 Å². The second kappa shape index (κ2) is 10.5. The molecule has 0 unspecified atom stereocenters. The molecule has 0 radical (unpaired) electrons. The van der Waals surface area contributed by atoms with Crippen LogP contribution in [0.1, 0.15) is 52.4 Å². The third-order valence-corrected chi connectivity index (χ3v) is 2.43. The SMILES string of the molecule is CB(O)NNCC1CCCCC1.CCC. The second-order valence-electron chi connectivity index (χ2n) is 4.41. The van der Waals surface area contributed by atoms with Crippen molar-refractivity contribution >= 4 is 7.05 Å². The molecule has 15 heavy (non-hydrogen) atoms. The average Bonchev–Trinajstić information content (AvgIpc) is 2.20. The highest BCUT2D eigenvalue weighted by Gasteiger charge is 2.12. The third kappa shape index (κ3) is 10.2. The number of nitrogens with one attached hydrogen (secondary N) is 2. The van der Waals surface area contributed by atoms with Gasteiger partial charge >= 0.3 is 7.05 Å². The molecule has 3 N–H and O–H groups in total. The summed E-state index contributed by atoms with van der Waals surface area (Å²) < 4.78 is 0. The largest absolute Gasteiger partial charge is 0.437 e. The van der Waals surface area contributed by atoms with Crippen LogP contribution in [0.4, 0.5) is 0 Å². The van der Waals surface area contributed by atoms with Crippen LogP contribution < -0.4 is 10.8 Å². The van der Waals surface area contributed by atoms with E-state index in [1.807, 2.05) is 0 Å². The Kier molecular flexibility index (Phi) is 10.4. The number of hydrogen-bond donors (Lipinski definition) is 3. The van der Waals surface area contributed by atoms with E-state index in [1.54, 1.807) is 6.82 Å². The van der Waals surface area contributed by atoms with E-state index in [0.29, 0.717) is 0 Å². The van der Waals surface area contributed by atoms with E-state index in [0.717, 1.165) is 12.5 Å². The Morgan fingerprint density at radius 1 is 1.20 bits per heavy atom. The topological polar surface area (TPSA) is 44.3 Å². The summed E-state index contributed by atoms with van der Waals surface area (Å²) in [4.78, 5) is 0. The summed E-state index contributed by atoms with van der Waals surface area (Å²) in [6.07, 6.45) is 8.09. The molecule has 90 valence electrons. The lowest BCUT2D eigenvalue weighted by molar-refractivity contribution is 0.335. The normalized spacial score (nSPS) is 16.8. The van der Waals surface area contributed by atoms with E-state index >= 15 is 0 Å². The Morgan fingerprint density at radius 3 is 2.20 bits per heavy atom. The first-order chi connectivity index (χ1) is 7.20. The van der Waals surface area contributed by atoms with E-state index in [2.05, 4.69) is 24.6 Å². The number of hydrogen-bond acceptors (Lipinski definition) is 3. The van der Waals surface area contributed by atoms with Gasteiger partial charge in [-0.15, -0.1) is 0 Å². The van der Waals surface area contributed by atoms with E-state index in [1.165, 1.54) is 38.5 Å². The smallest absolute Gasteiger partial charge is 0.387 e. The summed E-state index contributed by atoms with van der Waals surface area (Å²) >= 11 is 0. The van der Waals surface area contributed by atoms with Gasteiger partial charge in [0.2, 0.25) is 0 Å². The fraction of sp³-hybridized carbons (Fsp3) is 1.00. The molecular weight excluding hydrogens is 187 g/mol. The molecule has 0 amide bonds. The van der Waals surface area contributed by atoms with Crippen LogP contribution in [-0.2, 0) is 0 Å². The Morgan fingerprint density at radius 2 is 1.73 bits per heavy atom. The summed E-state index contributed by atoms with van der Waals surface area (Å²) in [6, 6.07) is 0. The third-order valence-electron chi connectivity index (χ3n) is 2.43. The highest BCUT2D eigenvalue weighted by atomic mass is 16.2. The minimum Gasteiger partial charge on any atom is -0.437 e. The predicted molar refractivity (Wildman–Crippen MR) is 67.5 cm³/mol. The first kappa shape index (κ1) is 14.9. The molecule has 3 nitrogen and oxygen atoms in total. The fourth-order valence-corrected chi connectivity index (χ4v) is 1.74. The maximum Gasteiger partial charge on any atom is 0.387 e. The minimum absolute atomic E-state index is 0.450. The quantitative estimate of drug-likeness (QED) is 0.496. The number of hydrazine groups is 1. The molecule has 4 heteroatoms. The van der Waals surface area contributed by atoms with Crippen molar-refractivity contribution in [2.45, 2.75) is 59.2 Å². The summed E-state index contributed by atoms with van der Waals surface area (Å²) in [5.74, 6) is 0.810. The Bertz CT molecular complexity index is 128. The zero-order valence-corrected chi connectivity index (χ0v) is 10.6. The zero-order chi connectivity index (χ0) is 11.5. The molecule has 0 aromatic heterocycles. The number of rotatable bonds is 4. The summed E-state index contributed by atoms with van der Waals surface area (Å²) in [5, 5.41) is 11.7. The van der Waals surface area contributed by atoms with Crippen LogP contribution in [0.3, 0.4) is 0 Å². The summed E-state index contributed by atoms with van der Waals surface area (Å²) in [7, 11) is -0.450. The van der Waals surface area contributed by atoms with E-state index < -0.39 is 7.05 Å². The highest BCUT2D eigenvalue weighted by molar-refractivity contribution is 6.45. The Labute approximate surface area is 95.1 Å². The van der Waals surface area contributed by atoms with Crippen LogP contribution in [0.15, 0.2) is 0 Å². The molecular formula is C11H27BN2O. The molecule has 0 aromatic rings. The van der Waals surface area contributed by atoms with Crippen LogP contribution in [-0.4, -0.2) is 18.6 Å². The Hall–Kier alpha value is -0.0551. The molecule has 0 aliphatic heterocycles. The van der Waals surface area contributed by atoms with Gasteiger partial charge in [-0.1, -0.05) is 39.5 Å². The first-order valence-electron chi connectivity index (χ1n) is 6.37. The lowest BCUT2D eigenvalue weighted by Gasteiger charge is -2.22. The molecule has 0 atom stereocenters. The summed E-state index contributed by atoms with van der Waals surface area (Å²) in [5.41, 5.74) is 3.05. The maximum atomic E-state index is 8.91. The monoisotopic (exact) mass is 214 g/mol. The summed E-state index contributed by atoms with van der Waals surface area (Å²) in [6.45, 7) is 6.96. The first-order valence-corrected chi connectivity index (χ1v) is 6.37. The molecule has 0 aromatic carbocycles. The van der Waals surface area contributed by atoms with Gasteiger partial charge in [-0.05, 0) is 25.6 Å². The van der Waals surface area contributed by atoms with Gasteiger partial charge in [0.15, 0.2) is 0 Å². The van der Waals surface area contributed by atoms with Crippen molar-refractivity contribution in [2.75, 3.05) is 6.54 Å². The lowest BCUT2D eigenvalue weighted by Crippen LogP contribution is -2.44. The van der Waals surface area contributed by atoms with Crippen molar-refractivity contribution < 1.29 is 5.02 Å². The average molecular weight is 214 g/mol. The minimum atomic E-state index is -0.450. The Balaban J connectivity index is 0.000000583. The fourth-order valence-electron chi connectivity index (χ4n) is 1.74. The van der Waals surface area contributed by atoms with Gasteiger partial charge in [0.1, 0.15) is 0 Å². The van der Waals surface area contributed by atoms with Gasteiger partial charge in [0.25, 0.3) is 0 Å². The maximum absolute atomic E-state index is 8.91. The predicted octanol–water partition coefficient (Wildman–Crippen LogP) is 2.19. The molecule has 0 bridgehead atoms. The van der Waals surface area contributed by atoms with Gasteiger partial charge in [-0.3, -0.25) is 10.8 Å². The van der Waals surface area contributed by atoms with Crippen LogP contribution in [0.2, 0.25) is 6.82 Å². The zero-order valence-electron chi connectivity index (χ0n) is 10.6. The van der Waals surface area contributed by atoms with Gasteiger partial charge in [-0.2, -0.15) is 0 Å². The highest BCUT2D eigenvalue weighted by Crippen LogP contribution is 2.22. The van der Waals surface area contributed by atoms with Crippen molar-refractivity contribution in [1.82, 2.24) is 10.8 Å². The van der Waals surface area contributed by atoms with Crippen LogP contribution >= 0.6 is 0 Å². The second-order valence-corrected chi connectivity index (χ2v) is 4.41. The lowest BCUT2D eigenvalue weighted by atomic mass is 9.89. The van der Waals surface area contributed by atoms with Crippen molar-refractivity contribution in [3.8, 4) is 0 Å². The van der Waals surface area contributed by atoms with E-state index in [-0.39, 0.29) is 0 Å². The molecule has 0 heterocycles. The van der Waals surface area contributed by atoms with Crippen LogP contribution in [0.25, 0.3) is 0 Å². The molecule has 1 aliphatic carbocycles. The van der Waals surface area contributed by atoms with Crippen molar-refractivity contribution in [3.05, 3.63) is 0 Å². The van der Waals surface area contributed by atoms with Crippen molar-refractivity contribution in [1.29, 1.82) is 0 Å².